The van der Waals surface area contributed by atoms with Crippen LogP contribution in [0.25, 0.3) is 10.8 Å². The van der Waals surface area contributed by atoms with E-state index in [4.69, 9.17) is 4.74 Å². The zero-order valence-electron chi connectivity index (χ0n) is 12.7. The van der Waals surface area contributed by atoms with E-state index in [-0.39, 0.29) is 0 Å². The first kappa shape index (κ1) is 16.3. The fourth-order valence-corrected chi connectivity index (χ4v) is 2.55. The van der Waals surface area contributed by atoms with Gasteiger partial charge in [0.1, 0.15) is 12.4 Å². The monoisotopic (exact) mass is 350 g/mol. The van der Waals surface area contributed by atoms with Crippen LogP contribution in [0.3, 0.4) is 0 Å². The lowest BCUT2D eigenvalue weighted by molar-refractivity contribution is 0.311. The first-order chi connectivity index (χ1) is 10.1. The van der Waals surface area contributed by atoms with E-state index in [2.05, 4.69) is 70.6 Å². The van der Waals surface area contributed by atoms with Gasteiger partial charge in [0.15, 0.2) is 0 Å². The van der Waals surface area contributed by atoms with Crippen molar-refractivity contribution in [1.29, 1.82) is 0 Å². The number of nitrogens with one attached hydrogen (secondary N) is 1. The van der Waals surface area contributed by atoms with E-state index in [0.29, 0.717) is 6.61 Å². The summed E-state index contributed by atoms with van der Waals surface area (Å²) in [7, 11) is 4.20. The van der Waals surface area contributed by atoms with Gasteiger partial charge in [-0.15, -0.1) is 0 Å². The van der Waals surface area contributed by atoms with Gasteiger partial charge in [0.25, 0.3) is 0 Å². The van der Waals surface area contributed by atoms with Gasteiger partial charge in [-0.3, -0.25) is 0 Å². The highest BCUT2D eigenvalue weighted by molar-refractivity contribution is 9.10. The molecule has 0 saturated heterocycles. The van der Waals surface area contributed by atoms with Gasteiger partial charge in [0.2, 0.25) is 0 Å². The fourth-order valence-electron chi connectivity index (χ4n) is 2.17. The Labute approximate surface area is 135 Å². The molecule has 2 rings (SSSR count). The Morgan fingerprint density at radius 1 is 1.05 bits per heavy atom. The highest BCUT2D eigenvalue weighted by atomic mass is 79.9. The maximum Gasteiger partial charge on any atom is 0.120 e. The van der Waals surface area contributed by atoms with Crippen LogP contribution in [0.1, 0.15) is 6.42 Å². The predicted octanol–water partition coefficient (Wildman–Crippen LogP) is 3.52. The topological polar surface area (TPSA) is 24.5 Å². The molecule has 0 heterocycles. The number of rotatable bonds is 8. The van der Waals surface area contributed by atoms with Crippen molar-refractivity contribution in [2.75, 3.05) is 40.3 Å². The van der Waals surface area contributed by atoms with Crippen molar-refractivity contribution in [2.45, 2.75) is 6.42 Å². The average Bonchev–Trinajstić information content (AvgIpc) is 2.46. The summed E-state index contributed by atoms with van der Waals surface area (Å²) in [5, 5.41) is 5.82. The average molecular weight is 351 g/mol. The fraction of sp³-hybridized carbons (Fsp3) is 0.412. The summed E-state index contributed by atoms with van der Waals surface area (Å²) in [6.45, 7) is 3.73. The summed E-state index contributed by atoms with van der Waals surface area (Å²) in [6, 6.07) is 12.5. The number of benzene rings is 2. The minimum atomic E-state index is 0.698. The Kier molecular flexibility index (Phi) is 6.49. The molecule has 0 bridgehead atoms. The molecule has 21 heavy (non-hydrogen) atoms. The Morgan fingerprint density at radius 3 is 2.62 bits per heavy atom. The quantitative estimate of drug-likeness (QED) is 0.737. The zero-order chi connectivity index (χ0) is 15.1. The van der Waals surface area contributed by atoms with Crippen LogP contribution in [-0.2, 0) is 0 Å². The van der Waals surface area contributed by atoms with Gasteiger partial charge >= 0.3 is 0 Å². The molecule has 0 radical (unpaired) electrons. The van der Waals surface area contributed by atoms with E-state index in [1.54, 1.807) is 0 Å². The molecule has 3 nitrogen and oxygen atoms in total. The standard InChI is InChI=1S/C17H23BrN2O/c1-20(2)10-3-8-19-9-11-21-17-7-5-14-12-16(18)6-4-15(14)13-17/h4-7,12-13,19H,3,8-11H2,1-2H3. The number of hydrogen-bond acceptors (Lipinski definition) is 3. The molecule has 1 N–H and O–H groups in total. The minimum Gasteiger partial charge on any atom is -0.492 e. The molecule has 2 aromatic carbocycles. The lowest BCUT2D eigenvalue weighted by Gasteiger charge is -2.11. The van der Waals surface area contributed by atoms with E-state index >= 15 is 0 Å². The van der Waals surface area contributed by atoms with Gasteiger partial charge in [0, 0.05) is 11.0 Å². The predicted molar refractivity (Wildman–Crippen MR) is 93.2 cm³/mol. The molecular weight excluding hydrogens is 328 g/mol. The van der Waals surface area contributed by atoms with Gasteiger partial charge in [0.05, 0.1) is 0 Å². The van der Waals surface area contributed by atoms with Crippen LogP contribution in [0.15, 0.2) is 40.9 Å². The summed E-state index contributed by atoms with van der Waals surface area (Å²) in [4.78, 5) is 2.20. The highest BCUT2D eigenvalue weighted by Gasteiger charge is 1.98. The van der Waals surface area contributed by atoms with Gasteiger partial charge in [-0.2, -0.15) is 0 Å². The van der Waals surface area contributed by atoms with Crippen molar-refractivity contribution in [3.05, 3.63) is 40.9 Å². The highest BCUT2D eigenvalue weighted by Crippen LogP contribution is 2.23. The van der Waals surface area contributed by atoms with Crippen LogP contribution in [0, 0.1) is 0 Å². The Hall–Kier alpha value is -1.10. The van der Waals surface area contributed by atoms with Gasteiger partial charge in [-0.25, -0.2) is 0 Å². The molecule has 0 aliphatic rings. The van der Waals surface area contributed by atoms with Crippen molar-refractivity contribution in [3.8, 4) is 5.75 Å². The molecule has 114 valence electrons. The number of hydrogen-bond donors (Lipinski definition) is 1. The molecule has 0 atom stereocenters. The molecule has 2 aromatic rings. The molecule has 0 fully saturated rings. The van der Waals surface area contributed by atoms with Crippen molar-refractivity contribution in [3.63, 3.8) is 0 Å². The second-order valence-corrected chi connectivity index (χ2v) is 6.32. The van der Waals surface area contributed by atoms with Crippen LogP contribution in [0.5, 0.6) is 5.75 Å². The first-order valence-electron chi connectivity index (χ1n) is 7.33. The smallest absolute Gasteiger partial charge is 0.120 e. The van der Waals surface area contributed by atoms with E-state index in [1.807, 2.05) is 6.07 Å². The van der Waals surface area contributed by atoms with Gasteiger partial charge in [-0.05, 0) is 68.6 Å². The third-order valence-corrected chi connectivity index (χ3v) is 3.77. The molecule has 0 aliphatic heterocycles. The Balaban J connectivity index is 1.72. The van der Waals surface area contributed by atoms with Crippen molar-refractivity contribution in [2.24, 2.45) is 0 Å². The summed E-state index contributed by atoms with van der Waals surface area (Å²) in [6.07, 6.45) is 1.16. The van der Waals surface area contributed by atoms with Crippen molar-refractivity contribution >= 4 is 26.7 Å². The van der Waals surface area contributed by atoms with Gasteiger partial charge < -0.3 is 15.0 Å². The van der Waals surface area contributed by atoms with Crippen molar-refractivity contribution in [1.82, 2.24) is 10.2 Å². The number of nitrogens with zero attached hydrogens (tertiary/aromatic N) is 1. The second-order valence-electron chi connectivity index (χ2n) is 5.41. The molecular formula is C17H23BrN2O. The van der Waals surface area contributed by atoms with E-state index in [1.165, 1.54) is 10.8 Å². The minimum absolute atomic E-state index is 0.698. The first-order valence-corrected chi connectivity index (χ1v) is 8.12. The summed E-state index contributed by atoms with van der Waals surface area (Å²) in [5.41, 5.74) is 0. The van der Waals surface area contributed by atoms with Crippen LogP contribution < -0.4 is 10.1 Å². The lowest BCUT2D eigenvalue weighted by Crippen LogP contribution is -2.25. The summed E-state index contributed by atoms with van der Waals surface area (Å²) < 4.78 is 6.89. The third kappa shape index (κ3) is 5.65. The molecule has 4 heteroatoms. The Morgan fingerprint density at radius 2 is 1.81 bits per heavy atom. The Bertz CT molecular complexity index is 572. The molecule has 0 spiro atoms. The van der Waals surface area contributed by atoms with Crippen LogP contribution in [0.4, 0.5) is 0 Å². The van der Waals surface area contributed by atoms with E-state index < -0.39 is 0 Å². The molecule has 0 amide bonds. The number of ether oxygens (including phenoxy) is 1. The molecule has 0 aliphatic carbocycles. The summed E-state index contributed by atoms with van der Waals surface area (Å²) >= 11 is 3.49. The van der Waals surface area contributed by atoms with Crippen LogP contribution in [0.2, 0.25) is 0 Å². The van der Waals surface area contributed by atoms with E-state index in [9.17, 15) is 0 Å². The number of halogens is 1. The normalized spacial score (nSPS) is 11.2. The van der Waals surface area contributed by atoms with Crippen molar-refractivity contribution < 1.29 is 4.74 Å². The van der Waals surface area contributed by atoms with Crippen LogP contribution >= 0.6 is 15.9 Å². The summed E-state index contributed by atoms with van der Waals surface area (Å²) in [5.74, 6) is 0.930. The van der Waals surface area contributed by atoms with Crippen LogP contribution in [-0.4, -0.2) is 45.2 Å². The molecule has 0 unspecified atom stereocenters. The van der Waals surface area contributed by atoms with Gasteiger partial charge in [-0.1, -0.05) is 28.1 Å². The second kappa shape index (κ2) is 8.37. The maximum absolute atomic E-state index is 5.79. The molecule has 0 aromatic heterocycles. The molecule has 0 saturated carbocycles. The third-order valence-electron chi connectivity index (χ3n) is 3.28. The largest absolute Gasteiger partial charge is 0.492 e. The maximum atomic E-state index is 5.79. The lowest BCUT2D eigenvalue weighted by atomic mass is 10.1. The zero-order valence-corrected chi connectivity index (χ0v) is 14.3. The SMILES string of the molecule is CN(C)CCCNCCOc1ccc2cc(Br)ccc2c1. The number of fused-ring (bicyclic) bond motifs is 1. The van der Waals surface area contributed by atoms with E-state index in [0.717, 1.165) is 36.3 Å².